The normalized spacial score (nSPS) is 13.0. The molecule has 0 bridgehead atoms. The van der Waals surface area contributed by atoms with Gasteiger partial charge in [-0.3, -0.25) is 4.57 Å². The van der Waals surface area contributed by atoms with Gasteiger partial charge in [0.15, 0.2) is 0 Å². The molecule has 1 aromatic rings. The summed E-state index contributed by atoms with van der Waals surface area (Å²) >= 11 is 0. The molecule has 0 radical (unpaired) electrons. The van der Waals surface area contributed by atoms with E-state index in [-0.39, 0.29) is 6.61 Å². The summed E-state index contributed by atoms with van der Waals surface area (Å²) in [7, 11) is 0.303. The Morgan fingerprint density at radius 3 is 2.21 bits per heavy atom. The molecule has 0 spiro atoms. The first-order valence-corrected chi connectivity index (χ1v) is 7.14. The molecule has 0 aliphatic heterocycles. The van der Waals surface area contributed by atoms with Crippen LogP contribution in [-0.2, 0) is 23.1 Å². The van der Waals surface area contributed by atoms with Gasteiger partial charge in [0, 0.05) is 21.3 Å². The van der Waals surface area contributed by atoms with Crippen molar-refractivity contribution in [1.82, 2.24) is 0 Å². The van der Waals surface area contributed by atoms with Crippen LogP contribution in [0.1, 0.15) is 10.4 Å². The summed E-state index contributed by atoms with van der Waals surface area (Å²) in [5.74, 6) is -1.72. The van der Waals surface area contributed by atoms with E-state index in [4.69, 9.17) is 18.5 Å². The number of rotatable bonds is 7. The van der Waals surface area contributed by atoms with E-state index < -0.39 is 19.4 Å². The summed E-state index contributed by atoms with van der Waals surface area (Å²) in [5.41, 5.74) is 0.349. The van der Waals surface area contributed by atoms with Crippen molar-refractivity contribution in [2.24, 2.45) is 0 Å². The van der Waals surface area contributed by atoms with Crippen LogP contribution in [-0.4, -0.2) is 39.8 Å². The quantitative estimate of drug-likeness (QED) is 0.566. The predicted molar refractivity (Wildman–Crippen MR) is 69.1 cm³/mol. The minimum absolute atomic E-state index is 0.0858. The number of hydrogen-bond acceptors (Lipinski definition) is 6. The summed E-state index contributed by atoms with van der Waals surface area (Å²) in [5, 5.41) is 0. The van der Waals surface area contributed by atoms with Gasteiger partial charge in [-0.1, -0.05) is 18.2 Å². The van der Waals surface area contributed by atoms with E-state index in [1.807, 2.05) is 0 Å². The van der Waals surface area contributed by atoms with Crippen LogP contribution in [0.25, 0.3) is 0 Å². The van der Waals surface area contributed by atoms with Gasteiger partial charge in [0.05, 0.1) is 12.2 Å². The minimum Gasteiger partial charge on any atom is -0.443 e. The van der Waals surface area contributed by atoms with E-state index in [2.05, 4.69) is 0 Å². The third kappa shape index (κ3) is 4.14. The highest BCUT2D eigenvalue weighted by Gasteiger charge is 2.37. The number of esters is 1. The molecule has 0 aromatic heterocycles. The third-order valence-corrected chi connectivity index (χ3v) is 4.40. The molecule has 1 rings (SSSR count). The van der Waals surface area contributed by atoms with Crippen LogP contribution in [0, 0.1) is 0 Å². The topological polar surface area (TPSA) is 71.1 Å². The molecule has 0 N–H and O–H groups in total. The van der Waals surface area contributed by atoms with Gasteiger partial charge in [0.25, 0.3) is 0 Å². The van der Waals surface area contributed by atoms with Crippen LogP contribution < -0.4 is 0 Å². The van der Waals surface area contributed by atoms with Crippen LogP contribution in [0.15, 0.2) is 30.3 Å². The summed E-state index contributed by atoms with van der Waals surface area (Å²) in [6.45, 7) is -0.0858. The molecule has 0 aliphatic rings. The maximum Gasteiger partial charge on any atom is 0.372 e. The first-order chi connectivity index (χ1) is 9.07. The van der Waals surface area contributed by atoms with Crippen LogP contribution in [0.4, 0.5) is 0 Å². The molecule has 19 heavy (non-hydrogen) atoms. The lowest BCUT2D eigenvalue weighted by Crippen LogP contribution is -2.24. The molecule has 1 unspecified atom stereocenters. The highest BCUT2D eigenvalue weighted by atomic mass is 31.2. The zero-order valence-corrected chi connectivity index (χ0v) is 12.0. The van der Waals surface area contributed by atoms with Crippen molar-refractivity contribution in [3.8, 4) is 0 Å². The average molecular weight is 288 g/mol. The van der Waals surface area contributed by atoms with Gasteiger partial charge in [-0.05, 0) is 12.1 Å². The fourth-order valence-electron chi connectivity index (χ4n) is 1.41. The van der Waals surface area contributed by atoms with Crippen molar-refractivity contribution in [1.29, 1.82) is 0 Å². The first kappa shape index (κ1) is 15.9. The Morgan fingerprint density at radius 1 is 1.16 bits per heavy atom. The van der Waals surface area contributed by atoms with Crippen LogP contribution in [0.2, 0.25) is 0 Å². The average Bonchev–Trinajstić information content (AvgIpc) is 2.46. The number of carbonyl (C=O) groups is 1. The fourth-order valence-corrected chi connectivity index (χ4v) is 2.58. The summed E-state index contributed by atoms with van der Waals surface area (Å²) < 4.78 is 31.9. The molecule has 0 aliphatic carbocycles. The molecule has 0 fully saturated rings. The van der Waals surface area contributed by atoms with E-state index in [0.717, 1.165) is 0 Å². The van der Waals surface area contributed by atoms with E-state index in [9.17, 15) is 9.36 Å². The number of methoxy groups -OCH3 is 1. The lowest BCUT2D eigenvalue weighted by atomic mass is 10.2. The standard InChI is InChI=1S/C12H17O6P/c1-15-9-11(19(14,16-2)17-3)18-12(13)10-7-5-4-6-8-10/h4-8,11H,9H2,1-3H3. The molecular formula is C12H17O6P. The zero-order valence-electron chi connectivity index (χ0n) is 11.1. The Hall–Kier alpha value is -1.20. The largest absolute Gasteiger partial charge is 0.443 e. The van der Waals surface area contributed by atoms with Crippen molar-refractivity contribution in [3.05, 3.63) is 35.9 Å². The Kier molecular flexibility index (Phi) is 6.18. The van der Waals surface area contributed by atoms with Crippen LogP contribution >= 0.6 is 7.60 Å². The Morgan fingerprint density at radius 2 is 1.74 bits per heavy atom. The lowest BCUT2D eigenvalue weighted by Gasteiger charge is -2.23. The SMILES string of the molecule is COCC(OC(=O)c1ccccc1)P(=O)(OC)OC. The van der Waals surface area contributed by atoms with Gasteiger partial charge in [0.1, 0.15) is 0 Å². The molecule has 7 heteroatoms. The molecule has 106 valence electrons. The van der Waals surface area contributed by atoms with Gasteiger partial charge in [0.2, 0.25) is 5.85 Å². The molecule has 0 amide bonds. The van der Waals surface area contributed by atoms with Gasteiger partial charge < -0.3 is 18.5 Å². The van der Waals surface area contributed by atoms with E-state index in [1.54, 1.807) is 30.3 Å². The summed E-state index contributed by atoms with van der Waals surface area (Å²) in [6.07, 6.45) is 0. The minimum atomic E-state index is -3.55. The number of ether oxygens (including phenoxy) is 2. The van der Waals surface area contributed by atoms with Crippen molar-refractivity contribution < 1.29 is 27.9 Å². The predicted octanol–water partition coefficient (Wildman–Crippen LogP) is 2.30. The number of hydrogen-bond donors (Lipinski definition) is 0. The Bertz CT molecular complexity index is 439. The van der Waals surface area contributed by atoms with E-state index >= 15 is 0 Å². The van der Waals surface area contributed by atoms with Crippen molar-refractivity contribution >= 4 is 13.6 Å². The van der Waals surface area contributed by atoms with E-state index in [0.29, 0.717) is 5.56 Å². The monoisotopic (exact) mass is 288 g/mol. The second-order valence-corrected chi connectivity index (χ2v) is 5.97. The number of carbonyl (C=O) groups excluding carboxylic acids is 1. The smallest absolute Gasteiger partial charge is 0.372 e. The second-order valence-electron chi connectivity index (χ2n) is 3.59. The third-order valence-electron chi connectivity index (χ3n) is 2.42. The Labute approximate surface area is 112 Å². The highest BCUT2D eigenvalue weighted by molar-refractivity contribution is 7.54. The molecule has 0 heterocycles. The van der Waals surface area contributed by atoms with Gasteiger partial charge in [-0.15, -0.1) is 0 Å². The second kappa shape index (κ2) is 7.40. The lowest BCUT2D eigenvalue weighted by molar-refractivity contribution is 0.0197. The maximum atomic E-state index is 12.2. The molecule has 1 aromatic carbocycles. The Balaban J connectivity index is 2.85. The maximum absolute atomic E-state index is 12.2. The van der Waals surface area contributed by atoms with Crippen molar-refractivity contribution in [2.45, 2.75) is 5.85 Å². The fraction of sp³-hybridized carbons (Fsp3) is 0.417. The molecule has 0 saturated carbocycles. The first-order valence-electron chi connectivity index (χ1n) is 5.53. The van der Waals surface area contributed by atoms with Crippen molar-refractivity contribution in [3.63, 3.8) is 0 Å². The van der Waals surface area contributed by atoms with Crippen LogP contribution in [0.3, 0.4) is 0 Å². The highest BCUT2D eigenvalue weighted by Crippen LogP contribution is 2.52. The van der Waals surface area contributed by atoms with Gasteiger partial charge in [-0.2, -0.15) is 0 Å². The van der Waals surface area contributed by atoms with Gasteiger partial charge >= 0.3 is 13.6 Å². The van der Waals surface area contributed by atoms with E-state index in [1.165, 1.54) is 21.3 Å². The molecule has 1 atom stereocenters. The van der Waals surface area contributed by atoms with Gasteiger partial charge in [-0.25, -0.2) is 4.79 Å². The molecular weight excluding hydrogens is 271 g/mol. The summed E-state index contributed by atoms with van der Waals surface area (Å²) in [6, 6.07) is 8.37. The number of benzene rings is 1. The van der Waals surface area contributed by atoms with Crippen molar-refractivity contribution in [2.75, 3.05) is 27.9 Å². The van der Waals surface area contributed by atoms with Crippen LogP contribution in [0.5, 0.6) is 0 Å². The molecule has 6 nitrogen and oxygen atoms in total. The summed E-state index contributed by atoms with van der Waals surface area (Å²) in [4.78, 5) is 11.9. The zero-order chi connectivity index (χ0) is 14.3. The molecule has 0 saturated heterocycles.